The van der Waals surface area contributed by atoms with Gasteiger partial charge in [0.2, 0.25) is 5.75 Å². The van der Waals surface area contributed by atoms with Crippen molar-refractivity contribution >= 4 is 23.6 Å². The number of aromatic nitrogens is 1. The van der Waals surface area contributed by atoms with Crippen LogP contribution in [0.4, 0.5) is 24.7 Å². The van der Waals surface area contributed by atoms with Gasteiger partial charge in [-0.05, 0) is 17.7 Å². The Balaban J connectivity index is 1.96. The summed E-state index contributed by atoms with van der Waals surface area (Å²) in [6, 6.07) is 13.6. The zero-order valence-electron chi connectivity index (χ0n) is 18.4. The van der Waals surface area contributed by atoms with Gasteiger partial charge in [0, 0.05) is 17.8 Å². The Labute approximate surface area is 193 Å². The predicted octanol–water partition coefficient (Wildman–Crippen LogP) is 4.63. The van der Waals surface area contributed by atoms with Crippen molar-refractivity contribution in [3.05, 3.63) is 71.4 Å². The lowest BCUT2D eigenvalue weighted by Crippen LogP contribution is -2.21. The molecule has 2 N–H and O–H groups in total. The Kier molecular flexibility index (Phi) is 7.57. The van der Waals surface area contributed by atoms with Crippen LogP contribution < -0.4 is 25.0 Å². The van der Waals surface area contributed by atoms with Gasteiger partial charge in [-0.3, -0.25) is 4.79 Å². The maximum absolute atomic E-state index is 13.3. The molecule has 0 fully saturated rings. The molecule has 0 bridgehead atoms. The van der Waals surface area contributed by atoms with Crippen molar-refractivity contribution in [2.45, 2.75) is 6.18 Å². The number of rotatable bonds is 8. The normalized spacial score (nSPS) is 11.2. The summed E-state index contributed by atoms with van der Waals surface area (Å²) in [5, 5.41) is 6.59. The molecule has 11 heteroatoms. The van der Waals surface area contributed by atoms with Gasteiger partial charge >= 0.3 is 6.18 Å². The minimum Gasteiger partial charge on any atom is -0.493 e. The number of nitrogens with one attached hydrogen (secondary N) is 2. The summed E-state index contributed by atoms with van der Waals surface area (Å²) in [5.41, 5.74) is 1.94. The lowest BCUT2D eigenvalue weighted by Gasteiger charge is -2.17. The first-order valence-electron chi connectivity index (χ1n) is 9.80. The van der Waals surface area contributed by atoms with Gasteiger partial charge in [-0.25, -0.2) is 10.4 Å². The van der Waals surface area contributed by atoms with E-state index in [-0.39, 0.29) is 28.6 Å². The topological polar surface area (TPSA) is 94.1 Å². The summed E-state index contributed by atoms with van der Waals surface area (Å²) < 4.78 is 55.7. The molecule has 2 aromatic carbocycles. The summed E-state index contributed by atoms with van der Waals surface area (Å²) >= 11 is 0. The van der Waals surface area contributed by atoms with Crippen molar-refractivity contribution < 1.29 is 32.2 Å². The van der Waals surface area contributed by atoms with Crippen molar-refractivity contribution in [2.75, 3.05) is 26.6 Å². The van der Waals surface area contributed by atoms with E-state index in [1.54, 1.807) is 24.3 Å². The molecule has 34 heavy (non-hydrogen) atoms. The quantitative estimate of drug-likeness (QED) is 0.365. The molecule has 0 atom stereocenters. The molecule has 3 aromatic rings. The molecule has 0 unspecified atom stereocenters. The van der Waals surface area contributed by atoms with Crippen LogP contribution in [-0.4, -0.2) is 38.4 Å². The molecule has 0 aliphatic carbocycles. The number of carbonyl (C=O) groups excluding carboxylic acids is 1. The highest BCUT2D eigenvalue weighted by Crippen LogP contribution is 2.41. The van der Waals surface area contributed by atoms with Crippen LogP contribution in [0, 0.1) is 0 Å². The Bertz CT molecular complexity index is 1160. The van der Waals surface area contributed by atoms with Crippen LogP contribution in [-0.2, 0) is 6.18 Å². The monoisotopic (exact) mass is 474 g/mol. The average Bonchev–Trinajstić information content (AvgIpc) is 2.83. The van der Waals surface area contributed by atoms with Crippen LogP contribution >= 0.6 is 0 Å². The zero-order valence-corrected chi connectivity index (χ0v) is 18.4. The van der Waals surface area contributed by atoms with E-state index in [4.69, 9.17) is 14.2 Å². The summed E-state index contributed by atoms with van der Waals surface area (Å²) in [5.74, 6) is -0.287. The first kappa shape index (κ1) is 24.4. The maximum Gasteiger partial charge on any atom is 0.433 e. The highest BCUT2D eigenvalue weighted by Gasteiger charge is 2.33. The molecule has 0 saturated carbocycles. The number of halogens is 3. The number of anilines is 2. The Morgan fingerprint density at radius 3 is 2.18 bits per heavy atom. The third-order valence-corrected chi connectivity index (χ3v) is 4.54. The number of nitrogens with zero attached hydrogens (tertiary/aromatic N) is 2. The molecule has 0 saturated heterocycles. The third-order valence-electron chi connectivity index (χ3n) is 4.54. The summed E-state index contributed by atoms with van der Waals surface area (Å²) in [7, 11) is 4.21. The van der Waals surface area contributed by atoms with Crippen LogP contribution in [0.5, 0.6) is 17.2 Å². The minimum absolute atomic E-state index is 0.160. The number of pyridine rings is 1. The number of hydrazone groups is 1. The fraction of sp³-hybridized carbons (Fsp3) is 0.174. The molecule has 8 nitrogen and oxygen atoms in total. The number of hydrogen-bond donors (Lipinski definition) is 2. The minimum atomic E-state index is -4.72. The van der Waals surface area contributed by atoms with E-state index in [0.717, 1.165) is 17.7 Å². The largest absolute Gasteiger partial charge is 0.493 e. The lowest BCUT2D eigenvalue weighted by atomic mass is 10.2. The molecule has 0 spiro atoms. The van der Waals surface area contributed by atoms with Crippen LogP contribution in [0.15, 0.2) is 59.7 Å². The van der Waals surface area contributed by atoms with E-state index in [1.165, 1.54) is 39.7 Å². The Morgan fingerprint density at radius 1 is 0.971 bits per heavy atom. The molecule has 0 aliphatic heterocycles. The Hall–Kier alpha value is -4.28. The van der Waals surface area contributed by atoms with Crippen molar-refractivity contribution in [1.29, 1.82) is 0 Å². The second kappa shape index (κ2) is 10.6. The molecule has 3 rings (SSSR count). The fourth-order valence-electron chi connectivity index (χ4n) is 2.95. The number of amides is 1. The van der Waals surface area contributed by atoms with E-state index in [1.807, 2.05) is 6.07 Å². The lowest BCUT2D eigenvalue weighted by molar-refractivity contribution is -0.141. The predicted molar refractivity (Wildman–Crippen MR) is 120 cm³/mol. The van der Waals surface area contributed by atoms with Crippen LogP contribution in [0.25, 0.3) is 0 Å². The molecule has 1 aromatic heterocycles. The summed E-state index contributed by atoms with van der Waals surface area (Å²) in [6.45, 7) is 0. The van der Waals surface area contributed by atoms with Crippen molar-refractivity contribution in [2.24, 2.45) is 5.10 Å². The number of alkyl halides is 3. The zero-order chi connectivity index (χ0) is 24.7. The number of hydrogen-bond acceptors (Lipinski definition) is 7. The first-order valence-corrected chi connectivity index (χ1v) is 9.80. The molecule has 0 aliphatic rings. The second-order valence-electron chi connectivity index (χ2n) is 6.74. The molecule has 178 valence electrons. The van der Waals surface area contributed by atoms with Crippen LogP contribution in [0.2, 0.25) is 0 Å². The van der Waals surface area contributed by atoms with Crippen molar-refractivity contribution in [1.82, 2.24) is 10.4 Å². The van der Waals surface area contributed by atoms with Crippen molar-refractivity contribution in [3.8, 4) is 17.2 Å². The van der Waals surface area contributed by atoms with Crippen LogP contribution in [0.3, 0.4) is 0 Å². The fourth-order valence-corrected chi connectivity index (χ4v) is 2.95. The molecule has 1 heterocycles. The van der Waals surface area contributed by atoms with E-state index in [9.17, 15) is 18.0 Å². The highest BCUT2D eigenvalue weighted by molar-refractivity contribution is 6.00. The average molecular weight is 474 g/mol. The van der Waals surface area contributed by atoms with E-state index >= 15 is 0 Å². The van der Waals surface area contributed by atoms with Gasteiger partial charge in [0.05, 0.1) is 33.1 Å². The number of ether oxygens (including phenoxy) is 3. The number of carbonyl (C=O) groups is 1. The summed E-state index contributed by atoms with van der Waals surface area (Å²) in [6.07, 6.45) is -3.31. The SMILES string of the molecule is COc1cc(Nc2nc(C(F)(F)F)ccc2C(=O)N/N=C/c2ccccc2)cc(OC)c1OC. The van der Waals surface area contributed by atoms with Gasteiger partial charge in [0.1, 0.15) is 11.5 Å². The van der Waals surface area contributed by atoms with E-state index in [2.05, 4.69) is 20.8 Å². The highest BCUT2D eigenvalue weighted by atomic mass is 19.4. The van der Waals surface area contributed by atoms with E-state index in [0.29, 0.717) is 5.75 Å². The molecular formula is C23H21F3N4O4. The van der Waals surface area contributed by atoms with Gasteiger partial charge in [-0.1, -0.05) is 30.3 Å². The standard InChI is InChI=1S/C23H21F3N4O4/c1-32-17-11-15(12-18(33-2)20(17)34-3)28-21-16(9-10-19(29-21)23(24,25)26)22(31)30-27-13-14-7-5-4-6-8-14/h4-13H,1-3H3,(H,28,29)(H,30,31)/b27-13+. The smallest absolute Gasteiger partial charge is 0.433 e. The molecule has 0 radical (unpaired) electrons. The van der Waals surface area contributed by atoms with Gasteiger partial charge in [0.15, 0.2) is 11.5 Å². The first-order chi connectivity index (χ1) is 16.3. The van der Waals surface area contributed by atoms with Gasteiger partial charge < -0.3 is 19.5 Å². The molecular weight excluding hydrogens is 453 g/mol. The second-order valence-corrected chi connectivity index (χ2v) is 6.74. The van der Waals surface area contributed by atoms with Gasteiger partial charge in [0.25, 0.3) is 5.91 Å². The van der Waals surface area contributed by atoms with Crippen LogP contribution in [0.1, 0.15) is 21.6 Å². The third kappa shape index (κ3) is 5.74. The number of benzene rings is 2. The Morgan fingerprint density at radius 2 is 1.62 bits per heavy atom. The van der Waals surface area contributed by atoms with E-state index < -0.39 is 17.8 Å². The summed E-state index contributed by atoms with van der Waals surface area (Å²) in [4.78, 5) is 16.3. The maximum atomic E-state index is 13.3. The van der Waals surface area contributed by atoms with Gasteiger partial charge in [-0.15, -0.1) is 0 Å². The molecule has 1 amide bonds. The van der Waals surface area contributed by atoms with Crippen molar-refractivity contribution in [3.63, 3.8) is 0 Å². The van der Waals surface area contributed by atoms with Gasteiger partial charge in [-0.2, -0.15) is 18.3 Å². The number of methoxy groups -OCH3 is 3.